The summed E-state index contributed by atoms with van der Waals surface area (Å²) in [6.45, 7) is 1.85. The van der Waals surface area contributed by atoms with Gasteiger partial charge in [-0.1, -0.05) is 23.2 Å². The molecule has 0 bridgehead atoms. The Balaban J connectivity index is 2.03. The molecule has 0 aliphatic carbocycles. The summed E-state index contributed by atoms with van der Waals surface area (Å²) in [5.41, 5.74) is 0. The smallest absolute Gasteiger partial charge is 0.138 e. The van der Waals surface area contributed by atoms with Crippen molar-refractivity contribution < 1.29 is 4.74 Å². The first kappa shape index (κ1) is 11.1. The number of ether oxygens (including phenoxy) is 1. The van der Waals surface area contributed by atoms with E-state index in [1.807, 2.05) is 0 Å². The van der Waals surface area contributed by atoms with Gasteiger partial charge < -0.3 is 10.1 Å². The Bertz CT molecular complexity index is 337. The Kier molecular flexibility index (Phi) is 3.73. The minimum absolute atomic E-state index is 0.0948. The van der Waals surface area contributed by atoms with Crippen molar-refractivity contribution in [3.05, 3.63) is 34.7 Å². The van der Waals surface area contributed by atoms with E-state index in [-0.39, 0.29) is 6.10 Å². The average molecular weight is 245 g/mol. The van der Waals surface area contributed by atoms with E-state index in [4.69, 9.17) is 27.9 Å². The fourth-order valence-corrected chi connectivity index (χ4v) is 1.98. The van der Waals surface area contributed by atoms with Crippen LogP contribution in [0.25, 0.3) is 0 Å². The molecule has 0 spiro atoms. The first-order valence-electron chi connectivity index (χ1n) is 4.91. The third kappa shape index (κ3) is 3.00. The molecule has 1 aliphatic rings. The first-order valence-corrected chi connectivity index (χ1v) is 5.67. The maximum Gasteiger partial charge on any atom is 0.138 e. The third-order valence-corrected chi connectivity index (χ3v) is 2.80. The molecule has 1 aromatic rings. The van der Waals surface area contributed by atoms with Crippen molar-refractivity contribution in [2.45, 2.75) is 12.5 Å². The molecule has 0 saturated carbocycles. The minimum Gasteiger partial charge on any atom is -0.487 e. The van der Waals surface area contributed by atoms with Crippen LogP contribution in [0.1, 0.15) is 6.42 Å². The van der Waals surface area contributed by atoms with E-state index in [0.717, 1.165) is 19.5 Å². The summed E-state index contributed by atoms with van der Waals surface area (Å²) in [5, 5.41) is 4.44. The number of hydrogen-bond acceptors (Lipinski definition) is 2. The topological polar surface area (TPSA) is 21.3 Å². The SMILES string of the molecule is Clc1ccc(OC2[CH]CCNC2)c(Cl)c1. The Hall–Kier alpha value is -0.440. The van der Waals surface area contributed by atoms with Crippen molar-refractivity contribution in [1.29, 1.82) is 0 Å². The summed E-state index contributed by atoms with van der Waals surface area (Å²) in [6.07, 6.45) is 3.27. The summed E-state index contributed by atoms with van der Waals surface area (Å²) < 4.78 is 5.73. The van der Waals surface area contributed by atoms with E-state index in [9.17, 15) is 0 Å². The Labute approximate surface area is 99.5 Å². The lowest BCUT2D eigenvalue weighted by Gasteiger charge is -2.24. The quantitative estimate of drug-likeness (QED) is 0.864. The highest BCUT2D eigenvalue weighted by molar-refractivity contribution is 6.35. The fraction of sp³-hybridized carbons (Fsp3) is 0.364. The van der Waals surface area contributed by atoms with Crippen LogP contribution in [0.5, 0.6) is 5.75 Å². The summed E-state index contributed by atoms with van der Waals surface area (Å²) in [5.74, 6) is 0.686. The average Bonchev–Trinajstić information content (AvgIpc) is 2.24. The van der Waals surface area contributed by atoms with Crippen molar-refractivity contribution in [3.8, 4) is 5.75 Å². The highest BCUT2D eigenvalue weighted by atomic mass is 35.5. The number of rotatable bonds is 2. The van der Waals surface area contributed by atoms with Crippen molar-refractivity contribution in [2.75, 3.05) is 13.1 Å². The van der Waals surface area contributed by atoms with Crippen LogP contribution >= 0.6 is 23.2 Å². The molecule has 1 aliphatic heterocycles. The Morgan fingerprint density at radius 3 is 2.87 bits per heavy atom. The summed E-state index contributed by atoms with van der Waals surface area (Å²) >= 11 is 11.8. The largest absolute Gasteiger partial charge is 0.487 e. The van der Waals surface area contributed by atoms with Gasteiger partial charge in [0.25, 0.3) is 0 Å². The van der Waals surface area contributed by atoms with Gasteiger partial charge in [-0.2, -0.15) is 0 Å². The Morgan fingerprint density at radius 2 is 2.20 bits per heavy atom. The van der Waals surface area contributed by atoms with E-state index in [0.29, 0.717) is 15.8 Å². The minimum atomic E-state index is 0.0948. The molecule has 2 nitrogen and oxygen atoms in total. The van der Waals surface area contributed by atoms with Gasteiger partial charge in [0.05, 0.1) is 5.02 Å². The van der Waals surface area contributed by atoms with E-state index in [1.165, 1.54) is 0 Å². The van der Waals surface area contributed by atoms with Crippen molar-refractivity contribution in [3.63, 3.8) is 0 Å². The monoisotopic (exact) mass is 244 g/mol. The van der Waals surface area contributed by atoms with Gasteiger partial charge in [-0.3, -0.25) is 0 Å². The highest BCUT2D eigenvalue weighted by Gasteiger charge is 2.15. The van der Waals surface area contributed by atoms with Crippen LogP contribution in [0, 0.1) is 6.42 Å². The van der Waals surface area contributed by atoms with Gasteiger partial charge >= 0.3 is 0 Å². The van der Waals surface area contributed by atoms with E-state index < -0.39 is 0 Å². The normalized spacial score (nSPS) is 21.3. The van der Waals surface area contributed by atoms with Crippen LogP contribution < -0.4 is 10.1 Å². The van der Waals surface area contributed by atoms with Crippen LogP contribution in [-0.4, -0.2) is 19.2 Å². The van der Waals surface area contributed by atoms with Crippen molar-refractivity contribution in [1.82, 2.24) is 5.32 Å². The number of benzene rings is 1. The third-order valence-electron chi connectivity index (χ3n) is 2.27. The number of hydrogen-bond donors (Lipinski definition) is 1. The molecule has 4 heteroatoms. The zero-order valence-corrected chi connectivity index (χ0v) is 9.68. The van der Waals surface area contributed by atoms with Crippen molar-refractivity contribution >= 4 is 23.2 Å². The maximum absolute atomic E-state index is 6.01. The zero-order valence-electron chi connectivity index (χ0n) is 8.17. The van der Waals surface area contributed by atoms with Crippen LogP contribution in [0.4, 0.5) is 0 Å². The molecule has 1 fully saturated rings. The van der Waals surface area contributed by atoms with E-state index in [1.54, 1.807) is 18.2 Å². The predicted octanol–water partition coefficient (Wildman–Crippen LogP) is 2.94. The van der Waals surface area contributed by atoms with Gasteiger partial charge in [0.15, 0.2) is 0 Å². The molecule has 1 atom stereocenters. The fourth-order valence-electron chi connectivity index (χ4n) is 1.52. The number of nitrogens with one attached hydrogen (secondary N) is 1. The molecule has 1 aromatic carbocycles. The van der Waals surface area contributed by atoms with Gasteiger partial charge in [-0.15, -0.1) is 0 Å². The molecular formula is C11H12Cl2NO. The van der Waals surface area contributed by atoms with Crippen LogP contribution in [0.15, 0.2) is 18.2 Å². The second kappa shape index (κ2) is 5.06. The molecule has 0 aromatic heterocycles. The van der Waals surface area contributed by atoms with Crippen molar-refractivity contribution in [2.24, 2.45) is 0 Å². The predicted molar refractivity (Wildman–Crippen MR) is 62.7 cm³/mol. The van der Waals surface area contributed by atoms with Gasteiger partial charge in [0.1, 0.15) is 11.9 Å². The van der Waals surface area contributed by atoms with Crippen LogP contribution in [0.2, 0.25) is 10.0 Å². The second-order valence-electron chi connectivity index (χ2n) is 3.46. The lowest BCUT2D eigenvalue weighted by Crippen LogP contribution is -2.37. The standard InChI is InChI=1S/C11H12Cl2NO/c12-8-3-4-11(10(13)6-8)15-9-2-1-5-14-7-9/h2-4,6,9,14H,1,5,7H2. The van der Waals surface area contributed by atoms with Gasteiger partial charge in [-0.25, -0.2) is 0 Å². The number of piperidine rings is 1. The van der Waals surface area contributed by atoms with E-state index >= 15 is 0 Å². The molecule has 15 heavy (non-hydrogen) atoms. The van der Waals surface area contributed by atoms with E-state index in [2.05, 4.69) is 11.7 Å². The number of halogens is 2. The first-order chi connectivity index (χ1) is 7.25. The Morgan fingerprint density at radius 1 is 1.33 bits per heavy atom. The molecule has 0 amide bonds. The molecule has 1 saturated heterocycles. The molecule has 1 unspecified atom stereocenters. The van der Waals surface area contributed by atoms with Gasteiger partial charge in [-0.05, 0) is 31.2 Å². The highest BCUT2D eigenvalue weighted by Crippen LogP contribution is 2.28. The maximum atomic E-state index is 6.01. The summed E-state index contributed by atoms with van der Waals surface area (Å²) in [4.78, 5) is 0. The summed E-state index contributed by atoms with van der Waals surface area (Å²) in [6, 6.07) is 5.26. The molecule has 81 valence electrons. The van der Waals surface area contributed by atoms with Gasteiger partial charge in [0, 0.05) is 18.0 Å². The molecule has 1 radical (unpaired) electrons. The summed E-state index contributed by atoms with van der Waals surface area (Å²) in [7, 11) is 0. The zero-order chi connectivity index (χ0) is 10.7. The second-order valence-corrected chi connectivity index (χ2v) is 4.30. The lowest BCUT2D eigenvalue weighted by atomic mass is 10.1. The molecular weight excluding hydrogens is 233 g/mol. The van der Waals surface area contributed by atoms with Crippen LogP contribution in [0.3, 0.4) is 0 Å². The molecule has 1 N–H and O–H groups in total. The lowest BCUT2D eigenvalue weighted by molar-refractivity contribution is 0.211. The van der Waals surface area contributed by atoms with Crippen LogP contribution in [-0.2, 0) is 0 Å². The molecule has 1 heterocycles. The van der Waals surface area contributed by atoms with Gasteiger partial charge in [0.2, 0.25) is 0 Å². The molecule has 2 rings (SSSR count).